The van der Waals surface area contributed by atoms with E-state index in [4.69, 9.17) is 15.9 Å². The van der Waals surface area contributed by atoms with Gasteiger partial charge >= 0.3 is 5.69 Å². The largest absolute Gasteiger partial charge is 0.492 e. The Bertz CT molecular complexity index is 1770. The molecule has 0 unspecified atom stereocenters. The number of aryl methyl sites for hydroxylation is 1. The Kier molecular flexibility index (Phi) is 8.84. The van der Waals surface area contributed by atoms with Gasteiger partial charge in [0, 0.05) is 17.1 Å². The molecule has 0 bridgehead atoms. The Morgan fingerprint density at radius 2 is 1.74 bits per heavy atom. The number of nitrogens with one attached hydrogen (secondary N) is 1. The van der Waals surface area contributed by atoms with Crippen molar-refractivity contribution in [3.8, 4) is 35.1 Å². The van der Waals surface area contributed by atoms with Gasteiger partial charge < -0.3 is 14.8 Å². The van der Waals surface area contributed by atoms with Crippen LogP contribution in [0.4, 0.5) is 5.82 Å². The summed E-state index contributed by atoms with van der Waals surface area (Å²) in [7, 11) is 0. The average molecular weight is 559 g/mol. The molecule has 212 valence electrons. The summed E-state index contributed by atoms with van der Waals surface area (Å²) in [6.45, 7) is 7.96. The minimum Gasteiger partial charge on any atom is -0.492 e. The summed E-state index contributed by atoms with van der Waals surface area (Å²) in [5.41, 5.74) is 5.20. The molecule has 0 spiro atoms. The number of aromatic nitrogens is 3. The van der Waals surface area contributed by atoms with E-state index in [2.05, 4.69) is 47.2 Å². The first kappa shape index (κ1) is 28.4. The lowest BCUT2D eigenvalue weighted by Gasteiger charge is -2.15. The van der Waals surface area contributed by atoms with Crippen LogP contribution in [0.5, 0.6) is 11.5 Å². The highest BCUT2D eigenvalue weighted by Gasteiger charge is 2.15. The number of terminal acetylenes is 1. The van der Waals surface area contributed by atoms with Crippen LogP contribution >= 0.6 is 0 Å². The second kappa shape index (κ2) is 13.0. The van der Waals surface area contributed by atoms with Gasteiger partial charge in [-0.2, -0.15) is 4.98 Å². The van der Waals surface area contributed by atoms with E-state index in [0.717, 1.165) is 39.2 Å². The molecule has 2 aromatic heterocycles. The highest BCUT2D eigenvalue weighted by atomic mass is 16.5. The fourth-order valence-corrected chi connectivity index (χ4v) is 4.76. The van der Waals surface area contributed by atoms with Crippen LogP contribution in [-0.2, 0) is 6.54 Å². The molecule has 0 atom stereocenters. The Labute approximate surface area is 246 Å². The van der Waals surface area contributed by atoms with Crippen LogP contribution in [0.25, 0.3) is 22.2 Å². The Morgan fingerprint density at radius 1 is 0.976 bits per heavy atom. The number of anilines is 1. The van der Waals surface area contributed by atoms with Crippen molar-refractivity contribution in [1.82, 2.24) is 14.5 Å². The van der Waals surface area contributed by atoms with Crippen LogP contribution in [0.15, 0.2) is 89.9 Å². The SMILES string of the molecule is C#CCOc1ccc2c(c1)c(-c1ccc(C(C)C)cc1)nc(=O)n2Cc1ccc(OCCNc2ncccc2C)cc1. The highest BCUT2D eigenvalue weighted by molar-refractivity contribution is 5.93. The summed E-state index contributed by atoms with van der Waals surface area (Å²) >= 11 is 0. The number of benzene rings is 3. The molecule has 7 nitrogen and oxygen atoms in total. The van der Waals surface area contributed by atoms with Gasteiger partial charge in [0.05, 0.1) is 24.3 Å². The smallest absolute Gasteiger partial charge is 0.348 e. The lowest BCUT2D eigenvalue weighted by Crippen LogP contribution is -2.24. The lowest BCUT2D eigenvalue weighted by molar-refractivity contribution is 0.332. The minimum absolute atomic E-state index is 0.157. The molecule has 42 heavy (non-hydrogen) atoms. The second-order valence-electron chi connectivity index (χ2n) is 10.4. The van der Waals surface area contributed by atoms with Crippen molar-refractivity contribution in [3.63, 3.8) is 0 Å². The normalized spacial score (nSPS) is 10.9. The van der Waals surface area contributed by atoms with Crippen LogP contribution in [0.2, 0.25) is 0 Å². The standard InChI is InChI=1S/C35H34N4O3/c1-5-20-41-30-16-17-32-31(22-30)33(28-12-10-27(11-13-28)24(2)3)38-35(40)39(32)23-26-8-14-29(15-9-26)42-21-19-37-34-25(4)7-6-18-36-34/h1,6-18,22,24H,19-21,23H2,2-4H3,(H,36,37). The maximum atomic E-state index is 13.4. The molecule has 1 N–H and O–H groups in total. The van der Waals surface area contributed by atoms with Gasteiger partial charge in [-0.25, -0.2) is 9.78 Å². The van der Waals surface area contributed by atoms with Gasteiger partial charge in [-0.05, 0) is 65.9 Å². The Hall–Kier alpha value is -5.09. The molecule has 5 rings (SSSR count). The summed E-state index contributed by atoms with van der Waals surface area (Å²) in [6.07, 6.45) is 7.17. The van der Waals surface area contributed by atoms with Crippen LogP contribution < -0.4 is 20.5 Å². The number of ether oxygens (including phenoxy) is 2. The number of nitrogens with zero attached hydrogens (tertiary/aromatic N) is 3. The summed E-state index contributed by atoms with van der Waals surface area (Å²) in [6, 6.07) is 25.5. The molecule has 5 aromatic rings. The van der Waals surface area contributed by atoms with E-state index in [1.807, 2.05) is 73.7 Å². The third-order valence-corrected chi connectivity index (χ3v) is 7.06. The molecule has 3 aromatic carbocycles. The molecule has 0 saturated heterocycles. The summed E-state index contributed by atoms with van der Waals surface area (Å²) < 4.78 is 13.3. The zero-order chi connectivity index (χ0) is 29.5. The number of fused-ring (bicyclic) bond motifs is 1. The van der Waals surface area contributed by atoms with Crippen molar-refractivity contribution in [3.05, 3.63) is 112 Å². The van der Waals surface area contributed by atoms with Gasteiger partial charge in [0.25, 0.3) is 0 Å². The zero-order valence-corrected chi connectivity index (χ0v) is 24.1. The molecule has 0 radical (unpaired) electrons. The Morgan fingerprint density at radius 3 is 2.45 bits per heavy atom. The van der Waals surface area contributed by atoms with E-state index in [1.54, 1.807) is 10.8 Å². The number of rotatable bonds is 11. The third kappa shape index (κ3) is 6.61. The third-order valence-electron chi connectivity index (χ3n) is 7.06. The molecular formula is C35H34N4O3. The molecule has 2 heterocycles. The van der Waals surface area contributed by atoms with E-state index < -0.39 is 0 Å². The van der Waals surface area contributed by atoms with Gasteiger partial charge in [0.2, 0.25) is 0 Å². The molecule has 7 heteroatoms. The topological polar surface area (TPSA) is 78.3 Å². The molecule has 0 aliphatic carbocycles. The second-order valence-corrected chi connectivity index (χ2v) is 10.4. The van der Waals surface area contributed by atoms with Crippen molar-refractivity contribution < 1.29 is 9.47 Å². The lowest BCUT2D eigenvalue weighted by atomic mass is 9.99. The Balaban J connectivity index is 1.37. The van der Waals surface area contributed by atoms with Crippen molar-refractivity contribution >= 4 is 16.7 Å². The zero-order valence-electron chi connectivity index (χ0n) is 24.1. The minimum atomic E-state index is -0.320. The van der Waals surface area contributed by atoms with Crippen LogP contribution in [0, 0.1) is 19.3 Å². The van der Waals surface area contributed by atoms with Gasteiger partial charge in [-0.3, -0.25) is 4.57 Å². The summed E-state index contributed by atoms with van der Waals surface area (Å²) in [5, 5.41) is 4.11. The van der Waals surface area contributed by atoms with Gasteiger partial charge in [0.1, 0.15) is 30.5 Å². The van der Waals surface area contributed by atoms with Gasteiger partial charge in [-0.1, -0.05) is 62.2 Å². The molecule has 0 fully saturated rings. The first-order valence-electron chi connectivity index (χ1n) is 14.0. The predicted octanol–water partition coefficient (Wildman–Crippen LogP) is 6.44. The fraction of sp³-hybridized carbons (Fsp3) is 0.229. The maximum Gasteiger partial charge on any atom is 0.348 e. The van der Waals surface area contributed by atoms with E-state index in [1.165, 1.54) is 5.56 Å². The maximum absolute atomic E-state index is 13.4. The number of hydrogen-bond donors (Lipinski definition) is 1. The van der Waals surface area contributed by atoms with Crippen molar-refractivity contribution in [2.75, 3.05) is 25.1 Å². The molecule has 0 amide bonds. The highest BCUT2D eigenvalue weighted by Crippen LogP contribution is 2.30. The monoisotopic (exact) mass is 558 g/mol. The van der Waals surface area contributed by atoms with Crippen molar-refractivity contribution in [2.24, 2.45) is 0 Å². The first-order valence-corrected chi connectivity index (χ1v) is 14.0. The number of pyridine rings is 1. The fourth-order valence-electron chi connectivity index (χ4n) is 4.76. The average Bonchev–Trinajstić information content (AvgIpc) is 3.01. The quantitative estimate of drug-likeness (QED) is 0.148. The van der Waals surface area contributed by atoms with E-state index in [-0.39, 0.29) is 12.3 Å². The van der Waals surface area contributed by atoms with E-state index >= 15 is 0 Å². The number of hydrogen-bond acceptors (Lipinski definition) is 6. The van der Waals surface area contributed by atoms with Crippen LogP contribution in [0.1, 0.15) is 36.5 Å². The van der Waals surface area contributed by atoms with Crippen molar-refractivity contribution in [1.29, 1.82) is 0 Å². The van der Waals surface area contributed by atoms with E-state index in [9.17, 15) is 4.79 Å². The van der Waals surface area contributed by atoms with E-state index in [0.29, 0.717) is 37.1 Å². The van der Waals surface area contributed by atoms with Gasteiger partial charge in [-0.15, -0.1) is 6.42 Å². The van der Waals surface area contributed by atoms with Gasteiger partial charge in [0.15, 0.2) is 0 Å². The molecule has 0 aliphatic rings. The van der Waals surface area contributed by atoms with Crippen molar-refractivity contribution in [2.45, 2.75) is 33.2 Å². The summed E-state index contributed by atoms with van der Waals surface area (Å²) in [4.78, 5) is 22.3. The first-order chi connectivity index (χ1) is 20.4. The van der Waals surface area contributed by atoms with Crippen LogP contribution in [-0.4, -0.2) is 34.3 Å². The summed E-state index contributed by atoms with van der Waals surface area (Å²) in [5.74, 6) is 5.15. The molecular weight excluding hydrogens is 524 g/mol. The predicted molar refractivity (Wildman–Crippen MR) is 168 cm³/mol. The molecule has 0 saturated carbocycles. The molecule has 0 aliphatic heterocycles. The van der Waals surface area contributed by atoms with Crippen LogP contribution in [0.3, 0.4) is 0 Å².